The van der Waals surface area contributed by atoms with Crippen molar-refractivity contribution in [3.8, 4) is 22.9 Å². The van der Waals surface area contributed by atoms with Crippen LogP contribution in [-0.2, 0) is 49.0 Å². The summed E-state index contributed by atoms with van der Waals surface area (Å²) in [5, 5.41) is 14.1. The van der Waals surface area contributed by atoms with Crippen LogP contribution in [0.1, 0.15) is 48.9 Å². The first kappa shape index (κ1) is 24.9. The highest BCUT2D eigenvalue weighted by Gasteiger charge is 2.45. The number of cyclic esters (lactones) is 1. The van der Waals surface area contributed by atoms with E-state index in [9.17, 15) is 24.3 Å². The molecule has 0 spiro atoms. The number of aryl methyl sites for hydroxylation is 1. The van der Waals surface area contributed by atoms with Gasteiger partial charge in [-0.25, -0.2) is 9.78 Å². The Morgan fingerprint density at radius 2 is 1.97 bits per heavy atom. The summed E-state index contributed by atoms with van der Waals surface area (Å²) in [6, 6.07) is 5.25. The fraction of sp³-hybridized carbons (Fsp3) is 0.370. The average molecular weight is 536 g/mol. The summed E-state index contributed by atoms with van der Waals surface area (Å²) in [5.74, 6) is -0.469. The first-order chi connectivity index (χ1) is 18.7. The maximum Gasteiger partial charge on any atom is 0.343 e. The molecule has 0 fully saturated rings. The highest BCUT2D eigenvalue weighted by atomic mass is 16.7. The topological polar surface area (TPSA) is 155 Å². The van der Waals surface area contributed by atoms with Gasteiger partial charge in [0, 0.05) is 24.5 Å². The van der Waals surface area contributed by atoms with Gasteiger partial charge in [-0.3, -0.25) is 14.4 Å². The summed E-state index contributed by atoms with van der Waals surface area (Å²) >= 11 is 0. The molecule has 0 bridgehead atoms. The summed E-state index contributed by atoms with van der Waals surface area (Å²) in [6.45, 7) is 2.70. The van der Waals surface area contributed by atoms with Crippen molar-refractivity contribution >= 4 is 28.7 Å². The average Bonchev–Trinajstić information content (AvgIpc) is 3.30. The van der Waals surface area contributed by atoms with Crippen molar-refractivity contribution < 1.29 is 38.4 Å². The Morgan fingerprint density at radius 1 is 1.18 bits per heavy atom. The van der Waals surface area contributed by atoms with Crippen LogP contribution in [0.4, 0.5) is 0 Å². The number of aliphatic hydroxyl groups is 1. The maximum atomic E-state index is 13.5. The van der Waals surface area contributed by atoms with E-state index < -0.39 is 17.5 Å². The number of rotatable bonds is 6. The minimum atomic E-state index is -1.91. The SMILES string of the molecule is CC[C@@]1(O)C(=O)OCc2c1cc1n(c2=O)Cc2c-1nc1ccc(CCC(=O)OCNC(C)=O)c3c1c2OCO3. The number of amides is 1. The number of nitrogens with one attached hydrogen (secondary N) is 1. The maximum absolute atomic E-state index is 13.5. The number of pyridine rings is 2. The van der Waals surface area contributed by atoms with E-state index in [1.807, 2.05) is 6.07 Å². The highest BCUT2D eigenvalue weighted by molar-refractivity contribution is 5.97. The molecular weight excluding hydrogens is 510 g/mol. The molecule has 0 unspecified atom stereocenters. The monoisotopic (exact) mass is 535 g/mol. The molecule has 202 valence electrons. The van der Waals surface area contributed by atoms with Crippen LogP contribution < -0.4 is 20.3 Å². The second-order valence-electron chi connectivity index (χ2n) is 9.62. The Bertz CT molecular complexity index is 1640. The third-order valence-electron chi connectivity index (χ3n) is 7.40. The normalized spacial score (nSPS) is 18.3. The van der Waals surface area contributed by atoms with Gasteiger partial charge in [0.05, 0.1) is 34.4 Å². The van der Waals surface area contributed by atoms with Gasteiger partial charge in [-0.15, -0.1) is 0 Å². The van der Waals surface area contributed by atoms with Gasteiger partial charge in [-0.2, -0.15) is 0 Å². The van der Waals surface area contributed by atoms with Gasteiger partial charge in [-0.1, -0.05) is 13.0 Å². The van der Waals surface area contributed by atoms with E-state index in [0.29, 0.717) is 45.8 Å². The Kier molecular flexibility index (Phi) is 5.79. The van der Waals surface area contributed by atoms with Gasteiger partial charge < -0.3 is 33.9 Å². The Balaban J connectivity index is 1.39. The molecule has 3 aliphatic rings. The predicted octanol–water partition coefficient (Wildman–Crippen LogP) is 1.38. The number of aromatic nitrogens is 2. The lowest BCUT2D eigenvalue weighted by Crippen LogP contribution is -2.44. The van der Waals surface area contributed by atoms with E-state index in [0.717, 1.165) is 5.56 Å². The summed E-state index contributed by atoms with van der Waals surface area (Å²) in [5.41, 5.74) is 1.24. The quantitative estimate of drug-likeness (QED) is 0.273. The van der Waals surface area contributed by atoms with E-state index in [2.05, 4.69) is 5.32 Å². The standard InChI is InChI=1S/C27H25N3O9/c1-3-27(35)17-8-19-22-15(9-30(19)25(33)16(17)10-36-26(27)34)24-21-18(29-22)6-4-14(23(21)38-12-39-24)5-7-20(32)37-11-28-13(2)31/h4,6,8,35H,3,5,7,9-12H2,1-2H3,(H,28,31)/t27-/m0/s1. The predicted molar refractivity (Wildman–Crippen MR) is 134 cm³/mol. The summed E-state index contributed by atoms with van der Waals surface area (Å²) in [6.07, 6.45) is 0.457. The van der Waals surface area contributed by atoms with Crippen LogP contribution in [0.25, 0.3) is 22.3 Å². The smallest absolute Gasteiger partial charge is 0.343 e. The van der Waals surface area contributed by atoms with Crippen LogP contribution >= 0.6 is 0 Å². The van der Waals surface area contributed by atoms with Gasteiger partial charge in [0.15, 0.2) is 12.3 Å². The molecular formula is C27H25N3O9. The van der Waals surface area contributed by atoms with Gasteiger partial charge in [0.25, 0.3) is 5.56 Å². The lowest BCUT2D eigenvalue weighted by atomic mass is 9.86. The van der Waals surface area contributed by atoms with E-state index in [4.69, 9.17) is 23.9 Å². The van der Waals surface area contributed by atoms with Crippen molar-refractivity contribution in [2.45, 2.75) is 51.9 Å². The minimum Gasteiger partial charge on any atom is -0.458 e. The Labute approximate surface area is 221 Å². The first-order valence-corrected chi connectivity index (χ1v) is 12.5. The van der Waals surface area contributed by atoms with Crippen molar-refractivity contribution in [2.75, 3.05) is 13.5 Å². The number of ether oxygens (including phenoxy) is 4. The number of carbonyl (C=O) groups excluding carboxylic acids is 3. The molecule has 12 heteroatoms. The number of nitrogens with zero attached hydrogens (tertiary/aromatic N) is 2. The van der Waals surface area contributed by atoms with Crippen molar-refractivity contribution in [3.63, 3.8) is 0 Å². The van der Waals surface area contributed by atoms with Crippen molar-refractivity contribution in [3.05, 3.63) is 50.8 Å². The molecule has 1 atom stereocenters. The van der Waals surface area contributed by atoms with E-state index >= 15 is 0 Å². The number of hydrogen-bond donors (Lipinski definition) is 2. The summed E-state index contributed by atoms with van der Waals surface area (Å²) in [4.78, 5) is 53.8. The van der Waals surface area contributed by atoms with Crippen LogP contribution in [0.3, 0.4) is 0 Å². The van der Waals surface area contributed by atoms with E-state index in [1.165, 1.54) is 6.92 Å². The lowest BCUT2D eigenvalue weighted by molar-refractivity contribution is -0.172. The molecule has 2 N–H and O–H groups in total. The number of carbonyl (C=O) groups is 3. The second-order valence-corrected chi connectivity index (χ2v) is 9.62. The molecule has 0 aliphatic carbocycles. The number of hydrogen-bond acceptors (Lipinski definition) is 10. The summed E-state index contributed by atoms with van der Waals surface area (Å²) < 4.78 is 23.5. The zero-order valence-electron chi connectivity index (χ0n) is 21.3. The molecule has 3 aromatic rings. The highest BCUT2D eigenvalue weighted by Crippen LogP contribution is 2.47. The van der Waals surface area contributed by atoms with Crippen LogP contribution in [0.2, 0.25) is 0 Å². The molecule has 0 saturated heterocycles. The van der Waals surface area contributed by atoms with Gasteiger partial charge >= 0.3 is 11.9 Å². The second kappa shape index (κ2) is 9.09. The third kappa shape index (κ3) is 3.82. The molecule has 6 rings (SSSR count). The summed E-state index contributed by atoms with van der Waals surface area (Å²) in [7, 11) is 0. The Hall–Kier alpha value is -4.45. The van der Waals surface area contributed by atoms with Gasteiger partial charge in [0.1, 0.15) is 18.1 Å². The fourth-order valence-corrected chi connectivity index (χ4v) is 5.34. The first-order valence-electron chi connectivity index (χ1n) is 12.5. The van der Waals surface area contributed by atoms with Crippen molar-refractivity contribution in [1.29, 1.82) is 0 Å². The van der Waals surface area contributed by atoms with Crippen molar-refractivity contribution in [2.24, 2.45) is 0 Å². The van der Waals surface area contributed by atoms with Crippen LogP contribution in [-0.4, -0.2) is 46.0 Å². The third-order valence-corrected chi connectivity index (χ3v) is 7.40. The zero-order chi connectivity index (χ0) is 27.5. The van der Waals surface area contributed by atoms with Gasteiger partial charge in [-0.05, 0) is 30.5 Å². The number of fused-ring (bicyclic) bond motifs is 5. The van der Waals surface area contributed by atoms with E-state index in [1.54, 1.807) is 23.6 Å². The molecule has 0 saturated carbocycles. The van der Waals surface area contributed by atoms with E-state index in [-0.39, 0.29) is 62.1 Å². The number of benzene rings is 1. The zero-order valence-corrected chi connectivity index (χ0v) is 21.3. The fourth-order valence-electron chi connectivity index (χ4n) is 5.34. The molecule has 5 heterocycles. The lowest BCUT2D eigenvalue weighted by Gasteiger charge is -2.31. The van der Waals surface area contributed by atoms with Crippen LogP contribution in [0, 0.1) is 0 Å². The molecule has 2 aromatic heterocycles. The molecule has 1 aromatic carbocycles. The molecule has 1 amide bonds. The largest absolute Gasteiger partial charge is 0.458 e. The van der Waals surface area contributed by atoms with Crippen LogP contribution in [0.15, 0.2) is 23.0 Å². The Morgan fingerprint density at radius 3 is 2.74 bits per heavy atom. The molecule has 0 radical (unpaired) electrons. The molecule has 12 nitrogen and oxygen atoms in total. The number of esters is 2. The molecule has 39 heavy (non-hydrogen) atoms. The minimum absolute atomic E-state index is 0.0539. The molecule has 3 aliphatic heterocycles. The van der Waals surface area contributed by atoms with Gasteiger partial charge in [0.2, 0.25) is 12.7 Å². The van der Waals surface area contributed by atoms with Crippen LogP contribution in [0.5, 0.6) is 11.5 Å². The van der Waals surface area contributed by atoms with Crippen molar-refractivity contribution in [1.82, 2.24) is 14.9 Å².